The van der Waals surface area contributed by atoms with Crippen LogP contribution in [0.3, 0.4) is 0 Å². The smallest absolute Gasteiger partial charge is 0.242 e. The Hall–Kier alpha value is -4.75. The highest BCUT2D eigenvalue weighted by molar-refractivity contribution is 7.80. The molecule has 0 fully saturated rings. The van der Waals surface area contributed by atoms with Gasteiger partial charge in [-0.3, -0.25) is 14.4 Å². The Bertz CT molecular complexity index is 1680. The number of hydrogen-bond acceptors (Lipinski definition) is 9. The summed E-state index contributed by atoms with van der Waals surface area (Å²) in [5.74, 6) is -0.309. The molecule has 2 aromatic carbocycles. The third-order valence-electron chi connectivity index (χ3n) is 8.52. The van der Waals surface area contributed by atoms with Crippen molar-refractivity contribution in [3.05, 3.63) is 77.1 Å². The van der Waals surface area contributed by atoms with Gasteiger partial charge in [0.15, 0.2) is 0 Å². The van der Waals surface area contributed by atoms with Crippen LogP contribution in [0.1, 0.15) is 56.6 Å². The van der Waals surface area contributed by atoms with Crippen molar-refractivity contribution in [2.24, 2.45) is 5.73 Å². The van der Waals surface area contributed by atoms with Crippen molar-refractivity contribution in [2.75, 3.05) is 58.5 Å². The number of phenolic OH excluding ortho intramolecular Hbond substituents is 1. The third-order valence-corrected chi connectivity index (χ3v) is 8.88. The number of phenols is 1. The Morgan fingerprint density at radius 2 is 1.77 bits per heavy atom. The molecule has 0 aromatic heterocycles. The first-order chi connectivity index (χ1) is 24.8. The first-order valence-corrected chi connectivity index (χ1v) is 18.2. The Kier molecular flexibility index (Phi) is 16.8. The number of unbranched alkanes of at least 4 members (excludes halogenated alkanes) is 2. The van der Waals surface area contributed by atoms with Gasteiger partial charge in [0.1, 0.15) is 31.6 Å². The summed E-state index contributed by atoms with van der Waals surface area (Å²) in [5, 5.41) is 18.2. The highest BCUT2D eigenvalue weighted by Gasteiger charge is 2.25. The van der Waals surface area contributed by atoms with Crippen molar-refractivity contribution >= 4 is 53.5 Å². The van der Waals surface area contributed by atoms with Crippen LogP contribution < -0.4 is 32.3 Å². The summed E-state index contributed by atoms with van der Waals surface area (Å²) >= 11 is 4.21. The fourth-order valence-corrected chi connectivity index (χ4v) is 5.53. The number of nitrogens with two attached hydrogens (primary N) is 2. The van der Waals surface area contributed by atoms with Crippen LogP contribution in [0.5, 0.6) is 5.75 Å². The lowest BCUT2D eigenvalue weighted by Crippen LogP contribution is -2.52. The summed E-state index contributed by atoms with van der Waals surface area (Å²) in [4.78, 5) is 41.1. The highest BCUT2D eigenvalue weighted by atomic mass is 32.1. The molecule has 2 aromatic rings. The van der Waals surface area contributed by atoms with Gasteiger partial charge < -0.3 is 42.2 Å². The molecule has 0 heterocycles. The molecule has 13 heteroatoms. The van der Waals surface area contributed by atoms with Gasteiger partial charge >= 0.3 is 0 Å². The van der Waals surface area contributed by atoms with Gasteiger partial charge in [0.25, 0.3) is 0 Å². The molecule has 0 bridgehead atoms. The summed E-state index contributed by atoms with van der Waals surface area (Å²) in [6.07, 6.45) is 11.5. The van der Waals surface area contributed by atoms with Gasteiger partial charge in [-0.25, -0.2) is 4.58 Å². The van der Waals surface area contributed by atoms with Crippen molar-refractivity contribution in [1.82, 2.24) is 16.0 Å². The van der Waals surface area contributed by atoms with Crippen LogP contribution in [0.2, 0.25) is 0 Å². The SMILES string of the molecule is CCCCNC(=O)C(CCC(=O)NCCCCOC1=CC(=[N+](C)C)C=C/C1=C/c1ccc(N(C)C)cc1N)NC(=O)C(N)Cc1ccc(O)c(S)c1. The molecule has 0 saturated carbocycles. The normalized spacial score (nSPS) is 14.3. The number of carbonyl (C=O) groups excluding carboxylic acids is 3. The van der Waals surface area contributed by atoms with Gasteiger partial charge in [-0.1, -0.05) is 25.5 Å². The summed E-state index contributed by atoms with van der Waals surface area (Å²) in [5.41, 5.74) is 17.8. The molecule has 8 N–H and O–H groups in total. The second kappa shape index (κ2) is 20.9. The number of allylic oxidation sites excluding steroid dienone is 3. The first kappa shape index (κ1) is 41.7. The summed E-state index contributed by atoms with van der Waals surface area (Å²) < 4.78 is 8.25. The van der Waals surface area contributed by atoms with Crippen LogP contribution >= 0.6 is 12.6 Å². The number of benzene rings is 2. The topological polar surface area (TPSA) is 175 Å². The van der Waals surface area contributed by atoms with Crippen molar-refractivity contribution < 1.29 is 28.8 Å². The zero-order valence-electron chi connectivity index (χ0n) is 31.1. The quantitative estimate of drug-likeness (QED) is 0.0497. The highest BCUT2D eigenvalue weighted by Crippen LogP contribution is 2.27. The number of thiol groups is 1. The predicted octanol–water partition coefficient (Wildman–Crippen LogP) is 3.54. The van der Waals surface area contributed by atoms with E-state index in [1.165, 1.54) is 6.07 Å². The maximum absolute atomic E-state index is 13.0. The Morgan fingerprint density at radius 3 is 2.44 bits per heavy atom. The third kappa shape index (κ3) is 13.4. The van der Waals surface area contributed by atoms with E-state index in [2.05, 4.69) is 28.6 Å². The molecule has 3 rings (SSSR count). The molecule has 1 aliphatic rings. The second-order valence-electron chi connectivity index (χ2n) is 13.3. The summed E-state index contributed by atoms with van der Waals surface area (Å²) in [6, 6.07) is 8.90. The minimum atomic E-state index is -0.939. The number of nitrogens with one attached hydrogen (secondary N) is 3. The van der Waals surface area contributed by atoms with E-state index in [0.717, 1.165) is 46.7 Å². The van der Waals surface area contributed by atoms with E-state index < -0.39 is 18.0 Å². The van der Waals surface area contributed by atoms with Gasteiger partial charge in [-0.15, -0.1) is 12.6 Å². The predicted molar refractivity (Wildman–Crippen MR) is 212 cm³/mol. The number of aromatic hydroxyl groups is 1. The minimum absolute atomic E-state index is 0.0312. The molecule has 0 radical (unpaired) electrons. The maximum Gasteiger partial charge on any atom is 0.242 e. The molecule has 2 unspecified atom stereocenters. The lowest BCUT2D eigenvalue weighted by molar-refractivity contribution is -0.462. The maximum atomic E-state index is 13.0. The van der Waals surface area contributed by atoms with Gasteiger partial charge in [0.2, 0.25) is 23.4 Å². The van der Waals surface area contributed by atoms with Crippen LogP contribution in [0.4, 0.5) is 11.4 Å². The van der Waals surface area contributed by atoms with E-state index in [-0.39, 0.29) is 36.8 Å². The largest absolute Gasteiger partial charge is 0.507 e. The van der Waals surface area contributed by atoms with E-state index in [0.29, 0.717) is 43.1 Å². The van der Waals surface area contributed by atoms with Crippen LogP contribution in [0.25, 0.3) is 6.08 Å². The monoisotopic (exact) mass is 734 g/mol. The van der Waals surface area contributed by atoms with Crippen molar-refractivity contribution in [2.45, 2.75) is 68.8 Å². The molecule has 52 heavy (non-hydrogen) atoms. The van der Waals surface area contributed by atoms with Gasteiger partial charge in [0.05, 0.1) is 18.7 Å². The van der Waals surface area contributed by atoms with Crippen LogP contribution in [0, 0.1) is 0 Å². The van der Waals surface area contributed by atoms with Gasteiger partial charge in [0, 0.05) is 61.5 Å². The number of nitrogen functional groups attached to an aromatic ring is 1. The average Bonchev–Trinajstić information content (AvgIpc) is 3.10. The van der Waals surface area contributed by atoms with E-state index in [4.69, 9.17) is 16.2 Å². The van der Waals surface area contributed by atoms with E-state index in [1.54, 1.807) is 12.1 Å². The molecule has 1 aliphatic carbocycles. The number of rotatable bonds is 19. The molecular weight excluding hydrogens is 679 g/mol. The van der Waals surface area contributed by atoms with Gasteiger partial charge in [-0.05, 0) is 79.6 Å². The zero-order valence-corrected chi connectivity index (χ0v) is 32.0. The van der Waals surface area contributed by atoms with Crippen LogP contribution in [-0.2, 0) is 25.5 Å². The molecule has 12 nitrogen and oxygen atoms in total. The summed E-state index contributed by atoms with van der Waals surface area (Å²) in [6.45, 7) is 3.38. The number of ether oxygens (including phenoxy) is 1. The first-order valence-electron chi connectivity index (χ1n) is 17.8. The standard InChI is InChI=1S/C39H55N7O5S/c1-6-7-18-43-39(50)33(44-38(49)32(41)21-26-10-16-34(47)36(52)22-26)15-17-37(48)42-19-8-9-20-51-35-25-30(46(4)5)14-12-28(35)23-27-11-13-29(45(2)3)24-31(27)40/h10-14,16,22-25,32-33,40H,6-9,15,17-21,41H2,1-5H3,(H5,42,43,44,47,48,49,50,52)/p+1. The molecule has 3 amide bonds. The van der Waals surface area contributed by atoms with Crippen LogP contribution in [0.15, 0.2) is 70.9 Å². The summed E-state index contributed by atoms with van der Waals surface area (Å²) in [7, 11) is 7.90. The lowest BCUT2D eigenvalue weighted by Gasteiger charge is -2.21. The Morgan fingerprint density at radius 1 is 1.02 bits per heavy atom. The molecule has 282 valence electrons. The lowest BCUT2D eigenvalue weighted by atomic mass is 10.0. The molecule has 0 spiro atoms. The number of amides is 3. The number of carbonyl (C=O) groups is 3. The van der Waals surface area contributed by atoms with Crippen molar-refractivity contribution in [3.63, 3.8) is 0 Å². The van der Waals surface area contributed by atoms with Gasteiger partial charge in [-0.2, -0.15) is 0 Å². The molecule has 0 aliphatic heterocycles. The second-order valence-corrected chi connectivity index (χ2v) is 13.7. The Labute approximate surface area is 313 Å². The van der Waals surface area contributed by atoms with Crippen molar-refractivity contribution in [3.8, 4) is 5.75 Å². The number of nitrogens with zero attached hydrogens (tertiary/aromatic N) is 2. The fourth-order valence-electron chi connectivity index (χ4n) is 5.29. The van der Waals surface area contributed by atoms with E-state index >= 15 is 0 Å². The molecule has 0 saturated heterocycles. The Balaban J connectivity index is 1.50. The number of anilines is 2. The van der Waals surface area contributed by atoms with E-state index in [9.17, 15) is 19.5 Å². The van der Waals surface area contributed by atoms with Crippen LogP contribution in [-0.4, -0.2) is 93.1 Å². The fraction of sp³-hybridized carbons (Fsp3) is 0.436. The minimum Gasteiger partial charge on any atom is -0.507 e. The average molecular weight is 735 g/mol. The van der Waals surface area contributed by atoms with Crippen molar-refractivity contribution in [1.29, 1.82) is 0 Å². The number of hydrogen-bond donors (Lipinski definition) is 7. The molecular formula is C39H56N7O5S+. The zero-order chi connectivity index (χ0) is 38.2. The molecule has 2 atom stereocenters. The van der Waals surface area contributed by atoms with E-state index in [1.807, 2.05) is 87.1 Å².